The molecule has 1 aromatic heterocycles. The summed E-state index contributed by atoms with van der Waals surface area (Å²) in [7, 11) is 0. The number of nitrogens with zero attached hydrogens (tertiary/aromatic N) is 3. The summed E-state index contributed by atoms with van der Waals surface area (Å²) < 4.78 is 0. The van der Waals surface area contributed by atoms with Crippen LogP contribution in [0.5, 0.6) is 0 Å². The van der Waals surface area contributed by atoms with E-state index in [-0.39, 0.29) is 24.0 Å². The summed E-state index contributed by atoms with van der Waals surface area (Å²) in [6.45, 7) is 12.5. The predicted octanol–water partition coefficient (Wildman–Crippen LogP) is 2.86. The van der Waals surface area contributed by atoms with Gasteiger partial charge in [-0.25, -0.2) is 9.98 Å². The van der Waals surface area contributed by atoms with Crippen molar-refractivity contribution in [1.82, 2.24) is 20.5 Å². The third-order valence-corrected chi connectivity index (χ3v) is 4.88. The van der Waals surface area contributed by atoms with Crippen LogP contribution in [0.15, 0.2) is 11.2 Å². The zero-order chi connectivity index (χ0) is 15.8. The van der Waals surface area contributed by atoms with E-state index in [0.29, 0.717) is 6.54 Å². The number of likely N-dealkylation sites (tertiary alicyclic amines) is 1. The van der Waals surface area contributed by atoms with Crippen molar-refractivity contribution in [3.8, 4) is 0 Å². The summed E-state index contributed by atoms with van der Waals surface area (Å²) in [5, 5.41) is 7.80. The SMILES string of the molecule is CCNC(=NCc1ncc(C)s1)NCCN1CCC(C)CC1.I. The molecule has 0 aliphatic carbocycles. The minimum atomic E-state index is 0. The van der Waals surface area contributed by atoms with Gasteiger partial charge in [-0.2, -0.15) is 0 Å². The number of halogens is 1. The molecule has 0 saturated carbocycles. The largest absolute Gasteiger partial charge is 0.357 e. The van der Waals surface area contributed by atoms with Crippen LogP contribution < -0.4 is 10.6 Å². The second kappa shape index (κ2) is 11.2. The average Bonchev–Trinajstić information content (AvgIpc) is 2.92. The Morgan fingerprint density at radius 2 is 2.13 bits per heavy atom. The minimum absolute atomic E-state index is 0. The molecule has 0 atom stereocenters. The van der Waals surface area contributed by atoms with Crippen LogP contribution in [0.2, 0.25) is 0 Å². The first-order valence-corrected chi connectivity index (χ1v) is 9.15. The summed E-state index contributed by atoms with van der Waals surface area (Å²) in [6.07, 6.45) is 4.57. The topological polar surface area (TPSA) is 52.6 Å². The summed E-state index contributed by atoms with van der Waals surface area (Å²) in [4.78, 5) is 12.8. The van der Waals surface area contributed by atoms with Crippen molar-refractivity contribution in [3.63, 3.8) is 0 Å². The number of piperidine rings is 1. The van der Waals surface area contributed by atoms with Gasteiger partial charge in [0, 0.05) is 30.7 Å². The van der Waals surface area contributed by atoms with E-state index in [9.17, 15) is 0 Å². The molecular weight excluding hydrogens is 421 g/mol. The number of aromatic nitrogens is 1. The minimum Gasteiger partial charge on any atom is -0.357 e. The van der Waals surface area contributed by atoms with Crippen LogP contribution in [-0.4, -0.2) is 48.6 Å². The molecule has 2 heterocycles. The Balaban J connectivity index is 0.00000264. The predicted molar refractivity (Wildman–Crippen MR) is 110 cm³/mol. The van der Waals surface area contributed by atoms with Crippen LogP contribution in [-0.2, 0) is 6.54 Å². The molecule has 132 valence electrons. The molecule has 0 unspecified atom stereocenters. The van der Waals surface area contributed by atoms with Gasteiger partial charge in [0.1, 0.15) is 5.01 Å². The number of hydrogen-bond donors (Lipinski definition) is 2. The van der Waals surface area contributed by atoms with Gasteiger partial charge in [0.05, 0.1) is 6.54 Å². The summed E-state index contributed by atoms with van der Waals surface area (Å²) in [6, 6.07) is 0. The van der Waals surface area contributed by atoms with E-state index in [1.54, 1.807) is 11.3 Å². The Labute approximate surface area is 161 Å². The number of thiazole rings is 1. The van der Waals surface area contributed by atoms with Gasteiger partial charge in [-0.05, 0) is 45.7 Å². The van der Waals surface area contributed by atoms with Gasteiger partial charge in [0.25, 0.3) is 0 Å². The van der Waals surface area contributed by atoms with Crippen LogP contribution in [0, 0.1) is 12.8 Å². The highest BCUT2D eigenvalue weighted by molar-refractivity contribution is 14.0. The van der Waals surface area contributed by atoms with Crippen LogP contribution >= 0.6 is 35.3 Å². The zero-order valence-corrected chi connectivity index (χ0v) is 17.6. The van der Waals surface area contributed by atoms with E-state index < -0.39 is 0 Å². The second-order valence-corrected chi connectivity index (χ2v) is 7.33. The molecule has 0 amide bonds. The molecule has 5 nitrogen and oxygen atoms in total. The lowest BCUT2D eigenvalue weighted by Crippen LogP contribution is -2.43. The third-order valence-electron chi connectivity index (χ3n) is 3.98. The van der Waals surface area contributed by atoms with Crippen LogP contribution in [0.4, 0.5) is 0 Å². The fourth-order valence-corrected chi connectivity index (χ4v) is 3.29. The lowest BCUT2D eigenvalue weighted by atomic mass is 9.99. The van der Waals surface area contributed by atoms with Gasteiger partial charge in [-0.3, -0.25) is 0 Å². The fourth-order valence-electron chi connectivity index (χ4n) is 2.58. The van der Waals surface area contributed by atoms with E-state index in [1.807, 2.05) is 6.20 Å². The highest BCUT2D eigenvalue weighted by Gasteiger charge is 2.14. The molecular formula is C16H30IN5S. The molecule has 1 aliphatic heterocycles. The van der Waals surface area contributed by atoms with Crippen molar-refractivity contribution >= 4 is 41.3 Å². The lowest BCUT2D eigenvalue weighted by Gasteiger charge is -2.30. The summed E-state index contributed by atoms with van der Waals surface area (Å²) in [5.74, 6) is 1.78. The highest BCUT2D eigenvalue weighted by atomic mass is 127. The summed E-state index contributed by atoms with van der Waals surface area (Å²) >= 11 is 1.71. The third kappa shape index (κ3) is 7.80. The van der Waals surface area contributed by atoms with Crippen molar-refractivity contribution < 1.29 is 0 Å². The Kier molecular flexibility index (Phi) is 10.0. The molecule has 1 aromatic rings. The van der Waals surface area contributed by atoms with Gasteiger partial charge >= 0.3 is 0 Å². The maximum Gasteiger partial charge on any atom is 0.191 e. The van der Waals surface area contributed by atoms with E-state index >= 15 is 0 Å². The van der Waals surface area contributed by atoms with Crippen LogP contribution in [0.25, 0.3) is 0 Å². The molecule has 0 spiro atoms. The van der Waals surface area contributed by atoms with Crippen molar-refractivity contribution in [2.45, 2.75) is 40.2 Å². The number of guanidine groups is 1. The molecule has 0 radical (unpaired) electrons. The van der Waals surface area contributed by atoms with Crippen LogP contribution in [0.3, 0.4) is 0 Å². The Bertz CT molecular complexity index is 469. The number of nitrogens with one attached hydrogen (secondary N) is 2. The van der Waals surface area contributed by atoms with Gasteiger partial charge in [-0.15, -0.1) is 35.3 Å². The first-order valence-electron chi connectivity index (χ1n) is 8.33. The number of hydrogen-bond acceptors (Lipinski definition) is 4. The first kappa shape index (κ1) is 20.6. The molecule has 2 rings (SSSR count). The molecule has 7 heteroatoms. The van der Waals surface area contributed by atoms with Crippen molar-refractivity contribution in [2.75, 3.05) is 32.7 Å². The summed E-state index contributed by atoms with van der Waals surface area (Å²) in [5.41, 5.74) is 0. The van der Waals surface area contributed by atoms with Crippen molar-refractivity contribution in [3.05, 3.63) is 16.1 Å². The monoisotopic (exact) mass is 451 g/mol. The molecule has 0 aromatic carbocycles. The van der Waals surface area contributed by atoms with Crippen LogP contribution in [0.1, 0.15) is 36.6 Å². The van der Waals surface area contributed by atoms with E-state index in [2.05, 4.69) is 46.3 Å². The normalized spacial score (nSPS) is 16.9. The number of rotatable bonds is 6. The van der Waals surface area contributed by atoms with E-state index in [0.717, 1.165) is 36.5 Å². The van der Waals surface area contributed by atoms with Gasteiger partial charge in [0.2, 0.25) is 0 Å². The highest BCUT2D eigenvalue weighted by Crippen LogP contribution is 2.15. The van der Waals surface area contributed by atoms with E-state index in [1.165, 1.54) is 30.8 Å². The Morgan fingerprint density at radius 1 is 1.39 bits per heavy atom. The smallest absolute Gasteiger partial charge is 0.191 e. The number of aliphatic imine (C=N–C) groups is 1. The Morgan fingerprint density at radius 3 is 2.74 bits per heavy atom. The lowest BCUT2D eigenvalue weighted by molar-refractivity contribution is 0.195. The fraction of sp³-hybridized carbons (Fsp3) is 0.750. The van der Waals surface area contributed by atoms with Crippen molar-refractivity contribution in [2.24, 2.45) is 10.9 Å². The Hall–Kier alpha value is -0.410. The molecule has 1 fully saturated rings. The molecule has 0 bridgehead atoms. The van der Waals surface area contributed by atoms with Gasteiger partial charge in [0.15, 0.2) is 5.96 Å². The van der Waals surface area contributed by atoms with Gasteiger partial charge in [-0.1, -0.05) is 6.92 Å². The molecule has 2 N–H and O–H groups in total. The first-order chi connectivity index (χ1) is 10.7. The average molecular weight is 451 g/mol. The van der Waals surface area contributed by atoms with E-state index in [4.69, 9.17) is 0 Å². The van der Waals surface area contributed by atoms with Crippen molar-refractivity contribution in [1.29, 1.82) is 0 Å². The maximum atomic E-state index is 4.62. The number of aryl methyl sites for hydroxylation is 1. The zero-order valence-electron chi connectivity index (χ0n) is 14.5. The molecule has 1 saturated heterocycles. The maximum absolute atomic E-state index is 4.62. The molecule has 23 heavy (non-hydrogen) atoms. The molecule has 1 aliphatic rings. The van der Waals surface area contributed by atoms with Gasteiger partial charge < -0.3 is 15.5 Å². The quantitative estimate of drug-likeness (QED) is 0.397. The second-order valence-electron chi connectivity index (χ2n) is 6.01. The standard InChI is InChI=1S/C16H29N5S.HI/c1-4-17-16(20-12-15-19-11-14(3)22-15)18-7-10-21-8-5-13(2)6-9-21;/h11,13H,4-10,12H2,1-3H3,(H2,17,18,20);1H.